The van der Waals surface area contributed by atoms with Gasteiger partial charge in [-0.1, -0.05) is 0 Å². The summed E-state index contributed by atoms with van der Waals surface area (Å²) < 4.78 is 7.10. The molecule has 1 fully saturated rings. The lowest BCUT2D eigenvalue weighted by molar-refractivity contribution is -0.129. The van der Waals surface area contributed by atoms with Crippen LogP contribution in [-0.4, -0.2) is 52.4 Å². The van der Waals surface area contributed by atoms with Crippen LogP contribution in [0.15, 0.2) is 6.20 Å². The first-order chi connectivity index (χ1) is 12.9. The molecule has 8 heteroatoms. The van der Waals surface area contributed by atoms with Crippen LogP contribution >= 0.6 is 11.3 Å². The van der Waals surface area contributed by atoms with Crippen molar-refractivity contribution < 1.29 is 9.53 Å². The molecule has 2 aromatic rings. The highest BCUT2D eigenvalue weighted by Crippen LogP contribution is 2.38. The summed E-state index contributed by atoms with van der Waals surface area (Å²) in [6.07, 6.45) is 2.46. The molecule has 0 aliphatic carbocycles. The summed E-state index contributed by atoms with van der Waals surface area (Å²) in [7, 11) is 3.61. The Morgan fingerprint density at radius 2 is 2.15 bits per heavy atom. The van der Waals surface area contributed by atoms with Crippen LogP contribution in [0.3, 0.4) is 0 Å². The first kappa shape index (κ1) is 20.0. The second-order valence-corrected chi connectivity index (χ2v) is 8.46. The van der Waals surface area contributed by atoms with Gasteiger partial charge in [0.15, 0.2) is 0 Å². The van der Waals surface area contributed by atoms with Crippen molar-refractivity contribution in [2.24, 2.45) is 13.0 Å². The topological polar surface area (TPSA) is 72.3 Å². The molecule has 1 amide bonds. The van der Waals surface area contributed by atoms with Gasteiger partial charge in [0.05, 0.1) is 29.5 Å². The van der Waals surface area contributed by atoms with Gasteiger partial charge in [0.2, 0.25) is 5.91 Å². The highest BCUT2D eigenvalue weighted by Gasteiger charge is 2.41. The van der Waals surface area contributed by atoms with E-state index >= 15 is 0 Å². The molecule has 2 aromatic heterocycles. The first-order valence-corrected chi connectivity index (χ1v) is 10.1. The number of aryl methyl sites for hydroxylation is 3. The van der Waals surface area contributed by atoms with Crippen LogP contribution in [0.4, 0.5) is 0 Å². The van der Waals surface area contributed by atoms with Gasteiger partial charge in [-0.15, -0.1) is 11.3 Å². The Labute approximate surface area is 164 Å². The normalized spacial score (nSPS) is 20.0. The minimum Gasteiger partial charge on any atom is -0.383 e. The van der Waals surface area contributed by atoms with Crippen molar-refractivity contribution in [3.63, 3.8) is 0 Å². The number of ether oxygens (including phenoxy) is 1. The van der Waals surface area contributed by atoms with Crippen LogP contribution in [0.2, 0.25) is 0 Å². The number of amides is 1. The van der Waals surface area contributed by atoms with E-state index in [0.29, 0.717) is 19.6 Å². The molecular formula is C19H29N5O2S. The molecule has 0 unspecified atom stereocenters. The summed E-state index contributed by atoms with van der Waals surface area (Å²) in [5.41, 5.74) is 3.33. The highest BCUT2D eigenvalue weighted by atomic mass is 32.1. The van der Waals surface area contributed by atoms with Crippen LogP contribution in [0.5, 0.6) is 0 Å². The zero-order valence-corrected chi connectivity index (χ0v) is 17.6. The molecule has 1 aliphatic rings. The maximum Gasteiger partial charge on any atom is 0.223 e. The van der Waals surface area contributed by atoms with E-state index in [2.05, 4.69) is 22.3 Å². The molecule has 1 saturated heterocycles. The van der Waals surface area contributed by atoms with Crippen LogP contribution < -0.4 is 5.32 Å². The third-order valence-electron chi connectivity index (χ3n) is 5.36. The van der Waals surface area contributed by atoms with E-state index < -0.39 is 0 Å². The van der Waals surface area contributed by atoms with Crippen molar-refractivity contribution >= 4 is 17.2 Å². The standard InChI is InChI=1S/C19H29N5O2S/c1-12-17(27-14(3)22-12)11-20-9-15-8-18(25)24(6-7-26-5)19(15)16-10-21-23(4)13(16)2/h10,15,19-20H,6-9,11H2,1-5H3/t15-,19+/m0/s1. The van der Waals surface area contributed by atoms with Gasteiger partial charge in [0.1, 0.15) is 0 Å². The molecule has 27 heavy (non-hydrogen) atoms. The number of nitrogens with one attached hydrogen (secondary N) is 1. The Kier molecular flexibility index (Phi) is 6.29. The molecule has 3 rings (SSSR count). The predicted molar refractivity (Wildman–Crippen MR) is 106 cm³/mol. The van der Waals surface area contributed by atoms with E-state index in [9.17, 15) is 4.79 Å². The molecule has 0 radical (unpaired) electrons. The fourth-order valence-electron chi connectivity index (χ4n) is 3.84. The van der Waals surface area contributed by atoms with Gasteiger partial charge in [-0.2, -0.15) is 5.10 Å². The van der Waals surface area contributed by atoms with Gasteiger partial charge in [0.25, 0.3) is 0 Å². The Bertz CT molecular complexity index is 800. The second kappa shape index (κ2) is 8.50. The third kappa shape index (κ3) is 4.23. The van der Waals surface area contributed by atoms with Crippen LogP contribution in [-0.2, 0) is 23.1 Å². The van der Waals surface area contributed by atoms with E-state index in [0.717, 1.165) is 35.0 Å². The van der Waals surface area contributed by atoms with Crippen molar-refractivity contribution in [1.82, 2.24) is 25.0 Å². The lowest BCUT2D eigenvalue weighted by Crippen LogP contribution is -2.34. The molecule has 0 aromatic carbocycles. The second-order valence-electron chi connectivity index (χ2n) is 7.17. The maximum absolute atomic E-state index is 12.7. The van der Waals surface area contributed by atoms with Crippen LogP contribution in [0, 0.1) is 26.7 Å². The van der Waals surface area contributed by atoms with Crippen molar-refractivity contribution in [1.29, 1.82) is 0 Å². The van der Waals surface area contributed by atoms with Crippen molar-refractivity contribution in [2.45, 2.75) is 39.8 Å². The number of rotatable bonds is 8. The zero-order chi connectivity index (χ0) is 19.6. The van der Waals surface area contributed by atoms with E-state index in [1.165, 1.54) is 4.88 Å². The maximum atomic E-state index is 12.7. The zero-order valence-electron chi connectivity index (χ0n) is 16.8. The number of nitrogens with zero attached hydrogens (tertiary/aromatic N) is 4. The van der Waals surface area contributed by atoms with Gasteiger partial charge >= 0.3 is 0 Å². The lowest BCUT2D eigenvalue weighted by Gasteiger charge is -2.28. The van der Waals surface area contributed by atoms with E-state index in [-0.39, 0.29) is 17.9 Å². The van der Waals surface area contributed by atoms with Gasteiger partial charge < -0.3 is 15.0 Å². The average Bonchev–Trinajstić information content (AvgIpc) is 3.23. The Hall–Kier alpha value is -1.77. The van der Waals surface area contributed by atoms with Crippen molar-refractivity contribution in [3.05, 3.63) is 33.0 Å². The Morgan fingerprint density at radius 1 is 1.37 bits per heavy atom. The Morgan fingerprint density at radius 3 is 2.74 bits per heavy atom. The lowest BCUT2D eigenvalue weighted by atomic mass is 9.94. The quantitative estimate of drug-likeness (QED) is 0.746. The molecule has 0 spiro atoms. The van der Waals surface area contributed by atoms with Crippen molar-refractivity contribution in [2.75, 3.05) is 26.8 Å². The van der Waals surface area contributed by atoms with E-state index in [4.69, 9.17) is 4.74 Å². The number of methoxy groups -OCH3 is 1. The summed E-state index contributed by atoms with van der Waals surface area (Å²) >= 11 is 1.73. The molecule has 0 saturated carbocycles. The molecule has 1 N–H and O–H groups in total. The van der Waals surface area contributed by atoms with Gasteiger partial charge in [0, 0.05) is 62.3 Å². The number of likely N-dealkylation sites (tertiary alicyclic amines) is 1. The number of hydrogen-bond acceptors (Lipinski definition) is 6. The average molecular weight is 392 g/mol. The summed E-state index contributed by atoms with van der Waals surface area (Å²) in [5, 5.41) is 9.04. The monoisotopic (exact) mass is 391 g/mol. The van der Waals surface area contributed by atoms with Crippen molar-refractivity contribution in [3.8, 4) is 0 Å². The van der Waals surface area contributed by atoms with E-state index in [1.54, 1.807) is 18.4 Å². The minimum absolute atomic E-state index is 0.0399. The molecular weight excluding hydrogens is 362 g/mol. The van der Waals surface area contributed by atoms with Crippen LogP contribution in [0.25, 0.3) is 0 Å². The number of hydrogen-bond donors (Lipinski definition) is 1. The number of thiazole rings is 1. The smallest absolute Gasteiger partial charge is 0.223 e. The molecule has 148 valence electrons. The summed E-state index contributed by atoms with van der Waals surface area (Å²) in [6.45, 7) is 8.87. The SMILES string of the molecule is COCCN1C(=O)C[C@@H](CNCc2sc(C)nc2C)[C@@H]1c1cnn(C)c1C. The molecule has 2 atom stereocenters. The van der Waals surface area contributed by atoms with Crippen LogP contribution in [0.1, 0.15) is 39.3 Å². The predicted octanol–water partition coefficient (Wildman–Crippen LogP) is 2.13. The van der Waals surface area contributed by atoms with Gasteiger partial charge in [-0.3, -0.25) is 9.48 Å². The number of carbonyl (C=O) groups excluding carboxylic acids is 1. The molecule has 3 heterocycles. The Balaban J connectivity index is 1.74. The highest BCUT2D eigenvalue weighted by molar-refractivity contribution is 7.11. The molecule has 1 aliphatic heterocycles. The molecule has 7 nitrogen and oxygen atoms in total. The van der Waals surface area contributed by atoms with E-state index in [1.807, 2.05) is 36.7 Å². The first-order valence-electron chi connectivity index (χ1n) is 9.32. The summed E-state index contributed by atoms with van der Waals surface area (Å²) in [5.74, 6) is 0.406. The van der Waals surface area contributed by atoms with Gasteiger partial charge in [-0.25, -0.2) is 4.98 Å². The van der Waals surface area contributed by atoms with Gasteiger partial charge in [-0.05, 0) is 20.8 Å². The molecule has 0 bridgehead atoms. The fraction of sp³-hybridized carbons (Fsp3) is 0.632. The number of aromatic nitrogens is 3. The summed E-state index contributed by atoms with van der Waals surface area (Å²) in [4.78, 5) is 20.4. The largest absolute Gasteiger partial charge is 0.383 e. The third-order valence-corrected chi connectivity index (χ3v) is 6.43. The summed E-state index contributed by atoms with van der Waals surface area (Å²) in [6, 6.07) is 0.0399. The fourth-order valence-corrected chi connectivity index (χ4v) is 4.74. The number of carbonyl (C=O) groups is 1. The minimum atomic E-state index is 0.0399.